The number of rotatable bonds is 16. The first kappa shape index (κ1) is 43.1. The molecule has 64 heavy (non-hydrogen) atoms. The number of nitrogens with zero attached hydrogens (tertiary/aromatic N) is 6. The lowest BCUT2D eigenvalue weighted by atomic mass is 9.67. The van der Waals surface area contributed by atoms with Crippen molar-refractivity contribution in [3.8, 4) is 23.0 Å². The fourth-order valence-corrected chi connectivity index (χ4v) is 9.05. The van der Waals surface area contributed by atoms with Crippen LogP contribution in [0, 0.1) is 0 Å². The maximum absolute atomic E-state index is 15.0. The van der Waals surface area contributed by atoms with Crippen molar-refractivity contribution in [1.82, 2.24) is 9.55 Å². The minimum atomic E-state index is -1.35. The Labute approximate surface area is 371 Å². The number of aliphatic hydroxyl groups is 1. The summed E-state index contributed by atoms with van der Waals surface area (Å²) in [5.74, 6) is 2.89. The van der Waals surface area contributed by atoms with Gasteiger partial charge in [-0.3, -0.25) is 4.57 Å². The van der Waals surface area contributed by atoms with E-state index in [1.165, 1.54) is 4.57 Å². The van der Waals surface area contributed by atoms with E-state index >= 15 is 0 Å². The van der Waals surface area contributed by atoms with Crippen molar-refractivity contribution in [3.63, 3.8) is 0 Å². The highest BCUT2D eigenvalue weighted by atomic mass is 16.5. The molecule has 3 atom stereocenters. The Balaban J connectivity index is 1.60. The summed E-state index contributed by atoms with van der Waals surface area (Å²) in [7, 11) is 6.52. The Kier molecular flexibility index (Phi) is 12.7. The van der Waals surface area contributed by atoms with E-state index in [1.54, 1.807) is 40.7 Å². The van der Waals surface area contributed by atoms with Gasteiger partial charge in [0.15, 0.2) is 0 Å². The second-order valence-electron chi connectivity index (χ2n) is 15.2. The summed E-state index contributed by atoms with van der Waals surface area (Å²) in [6.45, 7) is -0.311. The van der Waals surface area contributed by atoms with Crippen LogP contribution in [-0.4, -0.2) is 61.8 Å². The SMILES string of the molecule is COc1ccc(C(c2ccccc2)(c2ccc(OC)cc2)N(c2ccn([C@H]3O[C@H](CO)C[C@H]3N=[N+]=[N-])c(=O)n2)C(c2ccccc2)(c2ccc(OC)cc2)c2ccc(OC)cc2)cc1. The minimum absolute atomic E-state index is 0.226. The molecular weight excluding hydrogens is 809 g/mol. The molecule has 1 N–H and O–H groups in total. The van der Waals surface area contributed by atoms with Gasteiger partial charge in [-0.15, -0.1) is 0 Å². The number of hydrogen-bond donors (Lipinski definition) is 1. The average molecular weight is 857 g/mol. The summed E-state index contributed by atoms with van der Waals surface area (Å²) in [6.07, 6.45) is 0.191. The Bertz CT molecular complexity index is 2510. The standard InChI is InChI=1S/C51H48N6O7/c1-60-41-23-15-37(16-24-41)50(35-11-7-5-8-12-35,38-17-25-42(61-2)26-18-38)57(47-31-32-56(49(59)53-47)48-46(54-55-52)33-45(34-58)64-48)51(36-13-9-6-10-14-36,39-19-27-43(62-3)28-20-39)40-21-29-44(63-4)30-22-40/h5-32,45-46,48,58H,33-34H2,1-4H3/t45-,46+,48-/m0/s1. The third-order valence-corrected chi connectivity index (χ3v) is 12.0. The molecule has 8 rings (SSSR count). The van der Waals surface area contributed by atoms with Crippen molar-refractivity contribution < 1.29 is 28.8 Å². The highest BCUT2D eigenvalue weighted by Gasteiger charge is 2.55. The number of azide groups is 1. The van der Waals surface area contributed by atoms with E-state index in [4.69, 9.17) is 28.7 Å². The number of aromatic nitrogens is 2. The predicted octanol–water partition coefficient (Wildman–Crippen LogP) is 9.03. The van der Waals surface area contributed by atoms with Gasteiger partial charge in [0, 0.05) is 11.1 Å². The molecule has 324 valence electrons. The number of aliphatic hydroxyl groups excluding tert-OH is 1. The monoisotopic (exact) mass is 856 g/mol. The number of hydrogen-bond acceptors (Lipinski definition) is 10. The van der Waals surface area contributed by atoms with E-state index in [0.717, 1.165) is 33.4 Å². The fourth-order valence-electron chi connectivity index (χ4n) is 9.05. The molecule has 6 aromatic carbocycles. The fraction of sp³-hybridized carbons (Fsp3) is 0.216. The first-order valence-electron chi connectivity index (χ1n) is 20.7. The highest BCUT2D eigenvalue weighted by molar-refractivity contribution is 5.70. The topological polar surface area (TPSA) is 153 Å². The molecule has 13 heteroatoms. The van der Waals surface area contributed by atoms with Crippen molar-refractivity contribution in [2.75, 3.05) is 39.9 Å². The van der Waals surface area contributed by atoms with Gasteiger partial charge in [-0.25, -0.2) is 4.79 Å². The second-order valence-corrected chi connectivity index (χ2v) is 15.2. The van der Waals surface area contributed by atoms with Crippen LogP contribution in [0.3, 0.4) is 0 Å². The highest BCUT2D eigenvalue weighted by Crippen LogP contribution is 2.55. The van der Waals surface area contributed by atoms with Crippen LogP contribution in [0.1, 0.15) is 46.0 Å². The van der Waals surface area contributed by atoms with Crippen LogP contribution >= 0.6 is 0 Å². The van der Waals surface area contributed by atoms with Gasteiger partial charge in [0.25, 0.3) is 0 Å². The van der Waals surface area contributed by atoms with Gasteiger partial charge in [0.2, 0.25) is 0 Å². The molecule has 1 aliphatic heterocycles. The van der Waals surface area contributed by atoms with Crippen molar-refractivity contribution >= 4 is 5.82 Å². The Hall–Kier alpha value is -7.57. The van der Waals surface area contributed by atoms with Crippen molar-refractivity contribution in [3.05, 3.63) is 224 Å². The van der Waals surface area contributed by atoms with Crippen molar-refractivity contribution in [2.45, 2.75) is 35.9 Å². The molecule has 0 bridgehead atoms. The number of benzene rings is 6. The van der Waals surface area contributed by atoms with E-state index < -0.39 is 35.1 Å². The quantitative estimate of drug-likeness (QED) is 0.0434. The average Bonchev–Trinajstić information content (AvgIpc) is 3.77. The van der Waals surface area contributed by atoms with Crippen LogP contribution in [0.5, 0.6) is 23.0 Å². The van der Waals surface area contributed by atoms with Gasteiger partial charge in [-0.2, -0.15) is 4.98 Å². The smallest absolute Gasteiger partial charge is 0.351 e. The lowest BCUT2D eigenvalue weighted by Gasteiger charge is -2.56. The molecule has 0 aliphatic carbocycles. The summed E-state index contributed by atoms with van der Waals surface area (Å²) in [6, 6.07) is 52.9. The predicted molar refractivity (Wildman–Crippen MR) is 244 cm³/mol. The summed E-state index contributed by atoms with van der Waals surface area (Å²) >= 11 is 0. The first-order valence-corrected chi connectivity index (χ1v) is 20.7. The van der Waals surface area contributed by atoms with Gasteiger partial charge in [0.05, 0.1) is 47.2 Å². The zero-order valence-corrected chi connectivity index (χ0v) is 35.9. The summed E-state index contributed by atoms with van der Waals surface area (Å²) in [5, 5.41) is 14.0. The molecule has 13 nitrogen and oxygen atoms in total. The third kappa shape index (κ3) is 7.66. The van der Waals surface area contributed by atoms with Crippen LogP contribution in [0.2, 0.25) is 0 Å². The third-order valence-electron chi connectivity index (χ3n) is 12.0. The molecule has 7 aromatic rings. The maximum Gasteiger partial charge on any atom is 0.351 e. The van der Waals surface area contributed by atoms with E-state index in [0.29, 0.717) is 23.0 Å². The van der Waals surface area contributed by atoms with Crippen molar-refractivity contribution in [1.29, 1.82) is 0 Å². The molecule has 1 aliphatic rings. The van der Waals surface area contributed by atoms with Gasteiger partial charge in [0.1, 0.15) is 46.1 Å². The van der Waals surface area contributed by atoms with Gasteiger partial charge in [-0.05, 0) is 99.9 Å². The molecule has 1 saturated heterocycles. The summed E-state index contributed by atoms with van der Waals surface area (Å²) < 4.78 is 30.4. The zero-order chi connectivity index (χ0) is 44.7. The van der Waals surface area contributed by atoms with Crippen LogP contribution in [0.15, 0.2) is 180 Å². The molecule has 0 unspecified atom stereocenters. The Morgan fingerprint density at radius 2 is 1.02 bits per heavy atom. The number of ether oxygens (including phenoxy) is 5. The Morgan fingerprint density at radius 1 is 0.641 bits per heavy atom. The number of anilines is 1. The normalized spacial score (nSPS) is 16.0. The molecule has 0 radical (unpaired) electrons. The van der Waals surface area contributed by atoms with Crippen LogP contribution in [-0.2, 0) is 15.8 Å². The molecule has 0 amide bonds. The minimum Gasteiger partial charge on any atom is -0.497 e. The van der Waals surface area contributed by atoms with Gasteiger partial charge in [-0.1, -0.05) is 114 Å². The lowest BCUT2D eigenvalue weighted by Crippen LogP contribution is -2.61. The van der Waals surface area contributed by atoms with Crippen LogP contribution in [0.4, 0.5) is 5.82 Å². The molecule has 1 aromatic heterocycles. The molecule has 0 spiro atoms. The second kappa shape index (κ2) is 18.8. The van der Waals surface area contributed by atoms with E-state index in [9.17, 15) is 15.4 Å². The van der Waals surface area contributed by atoms with Crippen LogP contribution in [0.25, 0.3) is 10.4 Å². The van der Waals surface area contributed by atoms with Crippen LogP contribution < -0.4 is 29.5 Å². The first-order chi connectivity index (χ1) is 31.3. The molecule has 0 saturated carbocycles. The number of methoxy groups -OCH3 is 4. The maximum atomic E-state index is 15.0. The molecule has 1 fully saturated rings. The van der Waals surface area contributed by atoms with Gasteiger partial charge < -0.3 is 33.7 Å². The van der Waals surface area contributed by atoms with E-state index in [-0.39, 0.29) is 18.8 Å². The largest absolute Gasteiger partial charge is 0.497 e. The lowest BCUT2D eigenvalue weighted by molar-refractivity contribution is -0.0278. The molecular formula is C51H48N6O7. The van der Waals surface area contributed by atoms with Gasteiger partial charge >= 0.3 is 5.69 Å². The van der Waals surface area contributed by atoms with E-state index in [1.807, 2.05) is 133 Å². The molecule has 2 heterocycles. The van der Waals surface area contributed by atoms with E-state index in [2.05, 4.69) is 39.2 Å². The zero-order valence-electron chi connectivity index (χ0n) is 35.9. The summed E-state index contributed by atoms with van der Waals surface area (Å²) in [5.41, 5.74) is 11.1. The Morgan fingerprint density at radius 3 is 1.34 bits per heavy atom. The summed E-state index contributed by atoms with van der Waals surface area (Å²) in [4.78, 5) is 25.3. The van der Waals surface area contributed by atoms with Crippen molar-refractivity contribution in [2.24, 2.45) is 5.11 Å².